The van der Waals surface area contributed by atoms with Gasteiger partial charge in [-0.1, -0.05) is 42.5 Å². The van der Waals surface area contributed by atoms with Crippen LogP contribution in [0.5, 0.6) is 0 Å². The molecule has 1 amide bonds. The van der Waals surface area contributed by atoms with Gasteiger partial charge in [0, 0.05) is 24.2 Å². The molecule has 4 aromatic rings. The lowest BCUT2D eigenvalue weighted by Crippen LogP contribution is -2.13. The first kappa shape index (κ1) is 20.8. The molecule has 0 saturated heterocycles. The molecular formula is C24H23FN4OS. The average molecular weight is 435 g/mol. The lowest BCUT2D eigenvalue weighted by molar-refractivity contribution is 0.0999. The van der Waals surface area contributed by atoms with Crippen molar-refractivity contribution in [2.24, 2.45) is 5.73 Å². The van der Waals surface area contributed by atoms with E-state index in [4.69, 9.17) is 10.7 Å². The maximum absolute atomic E-state index is 13.2. The van der Waals surface area contributed by atoms with Gasteiger partial charge < -0.3 is 15.6 Å². The first-order chi connectivity index (χ1) is 15.0. The largest absolute Gasteiger partial charge is 0.366 e. The Morgan fingerprint density at radius 3 is 2.58 bits per heavy atom. The zero-order valence-electron chi connectivity index (χ0n) is 17.1. The molecule has 0 bridgehead atoms. The third-order valence-electron chi connectivity index (χ3n) is 5.22. The summed E-state index contributed by atoms with van der Waals surface area (Å²) in [6, 6.07) is 18.4. The minimum Gasteiger partial charge on any atom is -0.366 e. The van der Waals surface area contributed by atoms with Crippen molar-refractivity contribution in [1.29, 1.82) is 0 Å². The number of nitrogens with zero attached hydrogens (tertiary/aromatic N) is 2. The quantitative estimate of drug-likeness (QED) is 0.409. The van der Waals surface area contributed by atoms with Crippen LogP contribution in [-0.2, 0) is 19.5 Å². The number of nitrogens with one attached hydrogen (secondary N) is 1. The molecule has 7 heteroatoms. The van der Waals surface area contributed by atoms with Gasteiger partial charge in [-0.3, -0.25) is 4.79 Å². The zero-order valence-corrected chi connectivity index (χ0v) is 18.0. The molecule has 158 valence electrons. The molecule has 4 rings (SSSR count). The molecule has 31 heavy (non-hydrogen) atoms. The summed E-state index contributed by atoms with van der Waals surface area (Å²) in [7, 11) is 0. The summed E-state index contributed by atoms with van der Waals surface area (Å²) in [6.07, 6.45) is 0.699. The highest BCUT2D eigenvalue weighted by Crippen LogP contribution is 2.29. The van der Waals surface area contributed by atoms with Gasteiger partial charge in [0.2, 0.25) is 0 Å². The average Bonchev–Trinajstić information content (AvgIpc) is 3.37. The van der Waals surface area contributed by atoms with Crippen molar-refractivity contribution in [2.45, 2.75) is 26.4 Å². The number of carbonyl (C=O) groups is 1. The van der Waals surface area contributed by atoms with Gasteiger partial charge >= 0.3 is 0 Å². The van der Waals surface area contributed by atoms with Gasteiger partial charge in [-0.2, -0.15) is 0 Å². The van der Waals surface area contributed by atoms with Crippen molar-refractivity contribution in [2.75, 3.05) is 5.32 Å². The summed E-state index contributed by atoms with van der Waals surface area (Å²) in [4.78, 5) is 16.7. The second-order valence-corrected chi connectivity index (χ2v) is 8.16. The van der Waals surface area contributed by atoms with Crippen LogP contribution in [0.4, 0.5) is 9.52 Å². The molecule has 0 spiro atoms. The van der Waals surface area contributed by atoms with E-state index in [0.29, 0.717) is 25.1 Å². The monoisotopic (exact) mass is 434 g/mol. The summed E-state index contributed by atoms with van der Waals surface area (Å²) >= 11 is 1.52. The molecule has 0 fully saturated rings. The second kappa shape index (κ2) is 9.14. The Balaban J connectivity index is 1.57. The van der Waals surface area contributed by atoms with Crippen molar-refractivity contribution in [3.63, 3.8) is 0 Å². The van der Waals surface area contributed by atoms with Crippen LogP contribution in [0.2, 0.25) is 0 Å². The molecule has 0 aliphatic carbocycles. The highest BCUT2D eigenvalue weighted by Gasteiger charge is 2.18. The molecule has 3 N–H and O–H groups in total. The summed E-state index contributed by atoms with van der Waals surface area (Å²) in [5, 5.41) is 6.13. The number of primary amides is 1. The second-order valence-electron chi connectivity index (χ2n) is 7.30. The number of aromatic nitrogens is 2. The van der Waals surface area contributed by atoms with Crippen LogP contribution in [0, 0.1) is 12.7 Å². The van der Waals surface area contributed by atoms with Gasteiger partial charge in [-0.15, -0.1) is 11.3 Å². The maximum Gasteiger partial charge on any atom is 0.250 e. The van der Waals surface area contributed by atoms with Gasteiger partial charge in [-0.25, -0.2) is 9.37 Å². The molecular weight excluding hydrogens is 411 g/mol. The fourth-order valence-corrected chi connectivity index (χ4v) is 4.24. The highest BCUT2D eigenvalue weighted by atomic mass is 32.1. The number of carbonyl (C=O) groups excluding carboxylic acids is 1. The van der Waals surface area contributed by atoms with Crippen LogP contribution in [0.15, 0.2) is 66.0 Å². The first-order valence-electron chi connectivity index (χ1n) is 9.99. The topological polar surface area (TPSA) is 72.9 Å². The number of amides is 1. The molecule has 2 heterocycles. The van der Waals surface area contributed by atoms with E-state index in [-0.39, 0.29) is 5.82 Å². The van der Waals surface area contributed by atoms with E-state index in [1.807, 2.05) is 30.5 Å². The molecule has 5 nitrogen and oxygen atoms in total. The van der Waals surface area contributed by atoms with Gasteiger partial charge in [0.15, 0.2) is 5.13 Å². The van der Waals surface area contributed by atoms with E-state index in [1.54, 1.807) is 18.2 Å². The Kier molecular flexibility index (Phi) is 6.13. The van der Waals surface area contributed by atoms with Gasteiger partial charge in [-0.05, 0) is 42.7 Å². The molecule has 0 aliphatic heterocycles. The minimum absolute atomic E-state index is 0.254. The Bertz CT molecular complexity index is 1180. The lowest BCUT2D eigenvalue weighted by atomic mass is 10.1. The summed E-state index contributed by atoms with van der Waals surface area (Å²) in [5.41, 5.74) is 10.7. The predicted octanol–water partition coefficient (Wildman–Crippen LogP) is 5.01. The number of thiazole rings is 1. The van der Waals surface area contributed by atoms with Gasteiger partial charge in [0.25, 0.3) is 5.91 Å². The highest BCUT2D eigenvalue weighted by molar-refractivity contribution is 7.14. The predicted molar refractivity (Wildman–Crippen MR) is 123 cm³/mol. The van der Waals surface area contributed by atoms with Crippen LogP contribution in [0.1, 0.15) is 27.2 Å². The Morgan fingerprint density at radius 2 is 1.87 bits per heavy atom. The van der Waals surface area contributed by atoms with Crippen LogP contribution < -0.4 is 11.1 Å². The number of hydrogen-bond acceptors (Lipinski definition) is 4. The minimum atomic E-state index is -0.461. The standard InChI is InChI=1S/C24H23FN4OS/c1-16-20(23(26)30)13-22(29(16)12-11-17-7-9-19(25)10-8-17)21-15-31-24(28-21)27-14-18-5-3-2-4-6-18/h2-10,13,15H,11-12,14H2,1H3,(H2,26,30)(H,27,28). The fourth-order valence-electron chi connectivity index (χ4n) is 3.53. The van der Waals surface area contributed by atoms with Crippen LogP contribution in [0.3, 0.4) is 0 Å². The Hall–Kier alpha value is -3.45. The molecule has 2 aromatic heterocycles. The van der Waals surface area contributed by atoms with Crippen LogP contribution >= 0.6 is 11.3 Å². The summed E-state index contributed by atoms with van der Waals surface area (Å²) < 4.78 is 15.3. The summed E-state index contributed by atoms with van der Waals surface area (Å²) in [6.45, 7) is 3.20. The SMILES string of the molecule is Cc1c(C(N)=O)cc(-c2csc(NCc3ccccc3)n2)n1CCc1ccc(F)cc1. The van der Waals surface area contributed by atoms with E-state index in [9.17, 15) is 9.18 Å². The van der Waals surface area contributed by atoms with Crippen molar-refractivity contribution in [3.8, 4) is 11.4 Å². The third kappa shape index (κ3) is 4.83. The number of rotatable bonds is 8. The van der Waals surface area contributed by atoms with Gasteiger partial charge in [0.1, 0.15) is 5.82 Å². The third-order valence-corrected chi connectivity index (χ3v) is 6.02. The number of hydrogen-bond donors (Lipinski definition) is 2. The van der Waals surface area contributed by atoms with Crippen molar-refractivity contribution < 1.29 is 9.18 Å². The molecule has 0 radical (unpaired) electrons. The maximum atomic E-state index is 13.2. The normalized spacial score (nSPS) is 10.9. The fraction of sp³-hybridized carbons (Fsp3) is 0.167. The molecule has 0 aliphatic rings. The Labute approximate surface area is 184 Å². The van der Waals surface area contributed by atoms with Crippen LogP contribution in [0.25, 0.3) is 11.4 Å². The van der Waals surface area contributed by atoms with E-state index in [0.717, 1.165) is 27.8 Å². The van der Waals surface area contributed by atoms with Crippen LogP contribution in [-0.4, -0.2) is 15.5 Å². The number of nitrogens with two attached hydrogens (primary N) is 1. The lowest BCUT2D eigenvalue weighted by Gasteiger charge is -2.11. The van der Waals surface area contributed by atoms with Crippen molar-refractivity contribution in [3.05, 3.63) is 94.2 Å². The van der Waals surface area contributed by atoms with E-state index in [1.165, 1.54) is 29.0 Å². The number of anilines is 1. The van der Waals surface area contributed by atoms with E-state index < -0.39 is 5.91 Å². The van der Waals surface area contributed by atoms with E-state index >= 15 is 0 Å². The number of benzene rings is 2. The first-order valence-corrected chi connectivity index (χ1v) is 10.9. The van der Waals surface area contributed by atoms with Gasteiger partial charge in [0.05, 0.1) is 17.0 Å². The zero-order chi connectivity index (χ0) is 21.8. The molecule has 0 unspecified atom stereocenters. The molecule has 0 atom stereocenters. The Morgan fingerprint density at radius 1 is 1.13 bits per heavy atom. The molecule has 0 saturated carbocycles. The summed E-state index contributed by atoms with van der Waals surface area (Å²) in [5.74, 6) is -0.715. The number of halogens is 1. The van der Waals surface area contributed by atoms with E-state index in [2.05, 4.69) is 22.0 Å². The smallest absolute Gasteiger partial charge is 0.250 e. The van der Waals surface area contributed by atoms with Crippen molar-refractivity contribution >= 4 is 22.4 Å². The van der Waals surface area contributed by atoms with Crippen molar-refractivity contribution in [1.82, 2.24) is 9.55 Å². The number of aryl methyl sites for hydroxylation is 1. The molecule has 2 aromatic carbocycles.